The number of halogens is 4. The SMILES string of the molecule is NCc1nc(Cl)c(C(F)F)cc1F. The van der Waals surface area contributed by atoms with Gasteiger partial charge in [-0.05, 0) is 6.07 Å². The van der Waals surface area contributed by atoms with E-state index in [4.69, 9.17) is 17.3 Å². The van der Waals surface area contributed by atoms with Crippen LogP contribution in [0.5, 0.6) is 0 Å². The average Bonchev–Trinajstić information content (AvgIpc) is 2.07. The number of nitrogens with two attached hydrogens (primary N) is 1. The van der Waals surface area contributed by atoms with Gasteiger partial charge < -0.3 is 5.73 Å². The van der Waals surface area contributed by atoms with Crippen LogP contribution in [0.4, 0.5) is 13.2 Å². The average molecular weight is 211 g/mol. The zero-order valence-electron chi connectivity index (χ0n) is 6.40. The summed E-state index contributed by atoms with van der Waals surface area (Å²) in [6.07, 6.45) is -2.83. The molecule has 0 unspecified atom stereocenters. The Hall–Kier alpha value is -0.810. The van der Waals surface area contributed by atoms with Gasteiger partial charge in [0.2, 0.25) is 0 Å². The third-order valence-electron chi connectivity index (χ3n) is 1.46. The second-order valence-electron chi connectivity index (χ2n) is 2.30. The molecule has 0 saturated carbocycles. The van der Waals surface area contributed by atoms with Crippen molar-refractivity contribution in [3.63, 3.8) is 0 Å². The molecule has 2 N–H and O–H groups in total. The van der Waals surface area contributed by atoms with Crippen molar-refractivity contribution in [3.8, 4) is 0 Å². The van der Waals surface area contributed by atoms with Gasteiger partial charge in [0.05, 0.1) is 11.3 Å². The summed E-state index contributed by atoms with van der Waals surface area (Å²) in [5.74, 6) is -0.859. The minimum Gasteiger partial charge on any atom is -0.325 e. The van der Waals surface area contributed by atoms with Crippen LogP contribution in [0, 0.1) is 5.82 Å². The molecule has 0 radical (unpaired) electrons. The van der Waals surface area contributed by atoms with Crippen LogP contribution in [0.2, 0.25) is 5.15 Å². The Bertz CT molecular complexity index is 317. The highest BCUT2D eigenvalue weighted by Gasteiger charge is 2.16. The summed E-state index contributed by atoms with van der Waals surface area (Å²) in [6.45, 7) is -0.172. The zero-order chi connectivity index (χ0) is 10.0. The fraction of sp³-hybridized carbons (Fsp3) is 0.286. The van der Waals surface area contributed by atoms with Gasteiger partial charge in [-0.3, -0.25) is 0 Å². The first-order chi connectivity index (χ1) is 6.06. The summed E-state index contributed by atoms with van der Waals surface area (Å²) in [4.78, 5) is 3.40. The summed E-state index contributed by atoms with van der Waals surface area (Å²) in [5, 5.41) is -0.406. The molecule has 72 valence electrons. The minimum atomic E-state index is -2.83. The smallest absolute Gasteiger partial charge is 0.266 e. The first-order valence-electron chi connectivity index (χ1n) is 3.39. The van der Waals surface area contributed by atoms with E-state index in [-0.39, 0.29) is 12.2 Å². The van der Waals surface area contributed by atoms with Crippen molar-refractivity contribution in [1.29, 1.82) is 0 Å². The lowest BCUT2D eigenvalue weighted by molar-refractivity contribution is 0.150. The number of nitrogens with zero attached hydrogens (tertiary/aromatic N) is 1. The highest BCUT2D eigenvalue weighted by Crippen LogP contribution is 2.26. The molecule has 0 saturated heterocycles. The summed E-state index contributed by atoms with van der Waals surface area (Å²) >= 11 is 5.36. The van der Waals surface area contributed by atoms with Gasteiger partial charge in [-0.15, -0.1) is 0 Å². The van der Waals surface area contributed by atoms with Gasteiger partial charge >= 0.3 is 0 Å². The van der Waals surface area contributed by atoms with Crippen LogP contribution in [0.3, 0.4) is 0 Å². The molecule has 0 spiro atoms. The monoisotopic (exact) mass is 210 g/mol. The molecule has 0 aliphatic carbocycles. The predicted molar refractivity (Wildman–Crippen MR) is 42.1 cm³/mol. The molecule has 0 atom stereocenters. The van der Waals surface area contributed by atoms with Crippen molar-refractivity contribution in [3.05, 3.63) is 28.3 Å². The number of hydrogen-bond acceptors (Lipinski definition) is 2. The molecule has 0 aromatic carbocycles. The van der Waals surface area contributed by atoms with Crippen LogP contribution in [0.25, 0.3) is 0 Å². The Morgan fingerprint density at radius 2 is 2.15 bits per heavy atom. The van der Waals surface area contributed by atoms with E-state index in [0.717, 1.165) is 0 Å². The van der Waals surface area contributed by atoms with E-state index in [9.17, 15) is 13.2 Å². The Labute approximate surface area is 77.5 Å². The number of hydrogen-bond donors (Lipinski definition) is 1. The van der Waals surface area contributed by atoms with E-state index >= 15 is 0 Å². The van der Waals surface area contributed by atoms with Crippen LogP contribution in [0.15, 0.2) is 6.07 Å². The lowest BCUT2D eigenvalue weighted by atomic mass is 10.2. The van der Waals surface area contributed by atoms with Gasteiger partial charge in [0, 0.05) is 6.54 Å². The first kappa shape index (κ1) is 10.3. The number of aromatic nitrogens is 1. The Balaban J connectivity index is 3.20. The fourth-order valence-corrected chi connectivity index (χ4v) is 1.05. The largest absolute Gasteiger partial charge is 0.325 e. The van der Waals surface area contributed by atoms with Crippen molar-refractivity contribution in [2.24, 2.45) is 5.73 Å². The van der Waals surface area contributed by atoms with E-state index in [0.29, 0.717) is 6.07 Å². The lowest BCUT2D eigenvalue weighted by Crippen LogP contribution is -2.05. The van der Waals surface area contributed by atoms with Crippen LogP contribution < -0.4 is 5.73 Å². The molecule has 0 aliphatic rings. The second-order valence-corrected chi connectivity index (χ2v) is 2.66. The van der Waals surface area contributed by atoms with E-state index in [1.807, 2.05) is 0 Å². The molecular formula is C7H6ClF3N2. The third kappa shape index (κ3) is 2.10. The van der Waals surface area contributed by atoms with Crippen LogP contribution in [-0.4, -0.2) is 4.98 Å². The van der Waals surface area contributed by atoms with Gasteiger partial charge in [0.15, 0.2) is 0 Å². The van der Waals surface area contributed by atoms with Crippen molar-refractivity contribution in [2.45, 2.75) is 13.0 Å². The van der Waals surface area contributed by atoms with Gasteiger partial charge in [-0.25, -0.2) is 18.2 Å². The maximum atomic E-state index is 12.9. The molecule has 2 nitrogen and oxygen atoms in total. The molecular weight excluding hydrogens is 205 g/mol. The van der Waals surface area contributed by atoms with E-state index in [2.05, 4.69) is 4.98 Å². The summed E-state index contributed by atoms with van der Waals surface area (Å²) < 4.78 is 37.1. The van der Waals surface area contributed by atoms with Crippen molar-refractivity contribution in [1.82, 2.24) is 4.98 Å². The molecule has 0 fully saturated rings. The molecule has 13 heavy (non-hydrogen) atoms. The van der Waals surface area contributed by atoms with Crippen LogP contribution in [0.1, 0.15) is 17.7 Å². The van der Waals surface area contributed by atoms with Crippen molar-refractivity contribution < 1.29 is 13.2 Å². The molecule has 1 aromatic rings. The molecule has 6 heteroatoms. The molecule has 0 amide bonds. The van der Waals surface area contributed by atoms with E-state index < -0.39 is 23.0 Å². The van der Waals surface area contributed by atoms with Gasteiger partial charge in [0.1, 0.15) is 11.0 Å². The van der Waals surface area contributed by atoms with E-state index in [1.165, 1.54) is 0 Å². The fourth-order valence-electron chi connectivity index (χ4n) is 0.812. The Morgan fingerprint density at radius 3 is 2.62 bits per heavy atom. The summed E-state index contributed by atoms with van der Waals surface area (Å²) in [7, 11) is 0. The van der Waals surface area contributed by atoms with Crippen LogP contribution in [-0.2, 0) is 6.54 Å². The molecule has 1 heterocycles. The molecule has 0 aliphatic heterocycles. The lowest BCUT2D eigenvalue weighted by Gasteiger charge is -2.05. The summed E-state index contributed by atoms with van der Waals surface area (Å²) in [5.41, 5.74) is 4.37. The quantitative estimate of drug-likeness (QED) is 0.761. The molecule has 0 bridgehead atoms. The zero-order valence-corrected chi connectivity index (χ0v) is 7.15. The normalized spacial score (nSPS) is 10.9. The molecule has 1 rings (SSSR count). The maximum Gasteiger partial charge on any atom is 0.266 e. The highest BCUT2D eigenvalue weighted by atomic mass is 35.5. The predicted octanol–water partition coefficient (Wildman–Crippen LogP) is 2.27. The standard InChI is InChI=1S/C7H6ClF3N2/c8-6-3(7(10)11)1-4(9)5(2-12)13-6/h1,7H,2,12H2. The number of alkyl halides is 2. The number of rotatable bonds is 2. The highest BCUT2D eigenvalue weighted by molar-refractivity contribution is 6.30. The Morgan fingerprint density at radius 1 is 1.54 bits per heavy atom. The van der Waals surface area contributed by atoms with Gasteiger partial charge in [-0.1, -0.05) is 11.6 Å². The Kier molecular flexibility index (Phi) is 3.11. The number of pyridine rings is 1. The minimum absolute atomic E-state index is 0.116. The third-order valence-corrected chi connectivity index (χ3v) is 1.76. The van der Waals surface area contributed by atoms with Gasteiger partial charge in [0.25, 0.3) is 6.43 Å². The second kappa shape index (κ2) is 3.93. The van der Waals surface area contributed by atoms with Crippen molar-refractivity contribution in [2.75, 3.05) is 0 Å². The van der Waals surface area contributed by atoms with Gasteiger partial charge in [-0.2, -0.15) is 0 Å². The van der Waals surface area contributed by atoms with Crippen molar-refractivity contribution >= 4 is 11.6 Å². The summed E-state index contributed by atoms with van der Waals surface area (Å²) in [6, 6.07) is 0.655. The van der Waals surface area contributed by atoms with Crippen LogP contribution >= 0.6 is 11.6 Å². The molecule has 1 aromatic heterocycles. The maximum absolute atomic E-state index is 12.9. The topological polar surface area (TPSA) is 38.9 Å². The van der Waals surface area contributed by atoms with E-state index in [1.54, 1.807) is 0 Å². The first-order valence-corrected chi connectivity index (χ1v) is 3.77.